The molecule has 0 aliphatic heterocycles. The molecule has 0 saturated heterocycles. The maximum absolute atomic E-state index is 2.28. The Hall–Kier alpha value is 2.08. The van der Waals surface area contributed by atoms with E-state index in [0.29, 0.717) is 0 Å². The Balaban J connectivity index is 0. The third-order valence-electron chi connectivity index (χ3n) is 0. The Bertz CT molecular complexity index is 6.00. The van der Waals surface area contributed by atoms with Crippen molar-refractivity contribution in [3.05, 3.63) is 0 Å². The molecule has 3 heteroatoms. The zero-order valence-electron chi connectivity index (χ0n) is 2.17. The topological polar surface area (TPSA) is 0 Å². The summed E-state index contributed by atoms with van der Waals surface area (Å²) in [6.45, 7) is 0. The second kappa shape index (κ2) is 8.92. The standard InChI is InChI=1S/CH2I2.Zn/c2-1-3;/h1H2;. The van der Waals surface area contributed by atoms with Crippen molar-refractivity contribution in [3.8, 4) is 0 Å². The van der Waals surface area contributed by atoms with Crippen LogP contribution >= 0.6 is 45.2 Å². The van der Waals surface area contributed by atoms with Gasteiger partial charge in [-0.1, -0.05) is 45.2 Å². The van der Waals surface area contributed by atoms with Gasteiger partial charge in [-0.25, -0.2) is 0 Å². The number of alkyl halides is 2. The molecule has 0 amide bonds. The Kier molecular flexibility index (Phi) is 21.0. The van der Waals surface area contributed by atoms with E-state index in [1.54, 1.807) is 0 Å². The number of halogens is 2. The second-order valence-corrected chi connectivity index (χ2v) is 4.55. The molecule has 4 heavy (non-hydrogen) atoms. The Labute approximate surface area is 66.1 Å². The minimum atomic E-state index is 0. The second-order valence-electron chi connectivity index (χ2n) is 0.101. The van der Waals surface area contributed by atoms with Crippen molar-refractivity contribution >= 4 is 45.2 Å². The molecule has 0 atom stereocenters. The molecule has 0 aromatic heterocycles. The molecule has 0 heterocycles. The largest absolute Gasteiger partial charge is 0.0748 e. The van der Waals surface area contributed by atoms with E-state index in [2.05, 4.69) is 45.2 Å². The molecule has 0 bridgehead atoms. The zero-order chi connectivity index (χ0) is 2.71. The molecular formula is CH2I2Zn. The Morgan fingerprint density at radius 1 is 1.25 bits per heavy atom. The fraction of sp³-hybridized carbons (Fsp3) is 1.00. The van der Waals surface area contributed by atoms with Crippen LogP contribution in [-0.4, -0.2) is 2.43 Å². The van der Waals surface area contributed by atoms with Crippen LogP contribution in [0.4, 0.5) is 0 Å². The van der Waals surface area contributed by atoms with E-state index in [-0.39, 0.29) is 19.5 Å². The average Bonchev–Trinajstić information content (AvgIpc) is 0.918. The fourth-order valence-corrected chi connectivity index (χ4v) is 0. The molecule has 0 spiro atoms. The van der Waals surface area contributed by atoms with Crippen LogP contribution in [0.1, 0.15) is 0 Å². The molecule has 0 saturated carbocycles. The number of rotatable bonds is 0. The van der Waals surface area contributed by atoms with E-state index in [0.717, 1.165) is 0 Å². The summed E-state index contributed by atoms with van der Waals surface area (Å²) in [7, 11) is 0. The van der Waals surface area contributed by atoms with Crippen LogP contribution in [0.25, 0.3) is 0 Å². The predicted molar refractivity (Wildman–Crippen MR) is 32.9 cm³/mol. The molecule has 0 rings (SSSR count). The molecule has 0 aliphatic rings. The van der Waals surface area contributed by atoms with Crippen molar-refractivity contribution in [1.82, 2.24) is 0 Å². The minimum absolute atomic E-state index is 0. The molecule has 0 aromatic carbocycles. The van der Waals surface area contributed by atoms with E-state index in [4.69, 9.17) is 0 Å². The summed E-state index contributed by atoms with van der Waals surface area (Å²) in [6, 6.07) is 0. The van der Waals surface area contributed by atoms with E-state index in [1.807, 2.05) is 0 Å². The molecule has 0 aromatic rings. The van der Waals surface area contributed by atoms with Gasteiger partial charge in [-0.2, -0.15) is 0 Å². The van der Waals surface area contributed by atoms with Crippen molar-refractivity contribution in [1.29, 1.82) is 0 Å². The van der Waals surface area contributed by atoms with Crippen LogP contribution < -0.4 is 0 Å². The third kappa shape index (κ3) is 8.94. The van der Waals surface area contributed by atoms with Gasteiger partial charge in [0.1, 0.15) is 0 Å². The maximum atomic E-state index is 2.28. The van der Waals surface area contributed by atoms with Crippen LogP contribution in [0, 0.1) is 0 Å². The van der Waals surface area contributed by atoms with Crippen LogP contribution in [0.15, 0.2) is 0 Å². The van der Waals surface area contributed by atoms with E-state index >= 15 is 0 Å². The molecule has 0 fully saturated rings. The first-order valence-corrected chi connectivity index (χ1v) is 3.59. The fourth-order valence-electron chi connectivity index (χ4n) is 0. The molecular weight excluding hydrogens is 331 g/mol. The summed E-state index contributed by atoms with van der Waals surface area (Å²) >= 11 is 4.55. The van der Waals surface area contributed by atoms with Gasteiger partial charge in [-0.3, -0.25) is 0 Å². The van der Waals surface area contributed by atoms with Crippen molar-refractivity contribution in [2.75, 3.05) is 2.43 Å². The third-order valence-corrected chi connectivity index (χ3v) is 0. The normalized spacial score (nSPS) is 4.50. The summed E-state index contributed by atoms with van der Waals surface area (Å²) in [5.74, 6) is 0. The molecule has 0 aliphatic carbocycles. The van der Waals surface area contributed by atoms with Gasteiger partial charge in [-0.15, -0.1) is 0 Å². The number of hydrogen-bond acceptors (Lipinski definition) is 0. The first-order chi connectivity index (χ1) is 1.41. The Morgan fingerprint density at radius 3 is 1.25 bits per heavy atom. The van der Waals surface area contributed by atoms with E-state index in [1.165, 1.54) is 2.43 Å². The summed E-state index contributed by atoms with van der Waals surface area (Å²) in [5, 5.41) is 0. The van der Waals surface area contributed by atoms with Gasteiger partial charge in [0.05, 0.1) is 2.43 Å². The van der Waals surface area contributed by atoms with E-state index < -0.39 is 0 Å². The zero-order valence-corrected chi connectivity index (χ0v) is 9.45. The first kappa shape index (κ1) is 9.43. The SMILES string of the molecule is ICI.[Zn]. The average molecular weight is 333 g/mol. The smallest absolute Gasteiger partial charge is 0.0516 e. The first-order valence-electron chi connectivity index (χ1n) is 0.535. The van der Waals surface area contributed by atoms with Crippen LogP contribution in [0.2, 0.25) is 0 Å². The summed E-state index contributed by atoms with van der Waals surface area (Å²) < 4.78 is 1.19. The van der Waals surface area contributed by atoms with E-state index in [9.17, 15) is 0 Å². The van der Waals surface area contributed by atoms with Crippen molar-refractivity contribution < 1.29 is 19.5 Å². The van der Waals surface area contributed by atoms with Gasteiger partial charge < -0.3 is 0 Å². The summed E-state index contributed by atoms with van der Waals surface area (Å²) in [4.78, 5) is 0. The van der Waals surface area contributed by atoms with Gasteiger partial charge in [0, 0.05) is 19.5 Å². The summed E-state index contributed by atoms with van der Waals surface area (Å²) in [6.07, 6.45) is 0. The van der Waals surface area contributed by atoms with Crippen molar-refractivity contribution in [3.63, 3.8) is 0 Å². The van der Waals surface area contributed by atoms with Gasteiger partial charge in [-0.05, 0) is 0 Å². The van der Waals surface area contributed by atoms with Gasteiger partial charge >= 0.3 is 0 Å². The number of hydrogen-bond donors (Lipinski definition) is 0. The molecule has 22 valence electrons. The summed E-state index contributed by atoms with van der Waals surface area (Å²) in [5.41, 5.74) is 0. The van der Waals surface area contributed by atoms with Crippen molar-refractivity contribution in [2.45, 2.75) is 0 Å². The van der Waals surface area contributed by atoms with Crippen LogP contribution in [-0.2, 0) is 19.5 Å². The quantitative estimate of drug-likeness (QED) is 0.360. The predicted octanol–water partition coefficient (Wildman–Crippen LogP) is 1.81. The monoisotopic (exact) mass is 332 g/mol. The molecule has 0 N–H and O–H groups in total. The molecule has 0 nitrogen and oxygen atoms in total. The van der Waals surface area contributed by atoms with Crippen LogP contribution in [0.5, 0.6) is 0 Å². The maximum Gasteiger partial charge on any atom is 0.0516 e. The molecule has 0 unspecified atom stereocenters. The van der Waals surface area contributed by atoms with Gasteiger partial charge in [0.25, 0.3) is 0 Å². The van der Waals surface area contributed by atoms with Crippen molar-refractivity contribution in [2.24, 2.45) is 0 Å². The minimum Gasteiger partial charge on any atom is -0.0748 e. The molecule has 0 radical (unpaired) electrons. The van der Waals surface area contributed by atoms with Crippen LogP contribution in [0.3, 0.4) is 0 Å². The Morgan fingerprint density at radius 2 is 1.25 bits per heavy atom. The van der Waals surface area contributed by atoms with Gasteiger partial charge in [0.15, 0.2) is 0 Å². The van der Waals surface area contributed by atoms with Gasteiger partial charge in [0.2, 0.25) is 0 Å².